The summed E-state index contributed by atoms with van der Waals surface area (Å²) in [6, 6.07) is 10.0. The van der Waals surface area contributed by atoms with E-state index in [1.165, 1.54) is 0 Å². The summed E-state index contributed by atoms with van der Waals surface area (Å²) in [5, 5.41) is 10.7. The van der Waals surface area contributed by atoms with Gasteiger partial charge in [-0.25, -0.2) is 0 Å². The molecule has 1 heterocycles. The standard InChI is InChI=1S/C15H20N4O/c1-3-7-12(2)14(20)17-15-18-16-11-19(15)10-13-8-5-4-6-9-13/h4-6,8-9,11-12H,3,7,10H2,1-2H3,(H,17,18,20). The molecule has 0 aliphatic heterocycles. The van der Waals surface area contributed by atoms with E-state index in [2.05, 4.69) is 22.4 Å². The zero-order valence-corrected chi connectivity index (χ0v) is 11.9. The summed E-state index contributed by atoms with van der Waals surface area (Å²) in [5.74, 6) is 0.484. The van der Waals surface area contributed by atoms with Gasteiger partial charge >= 0.3 is 0 Å². The predicted octanol–water partition coefficient (Wildman–Crippen LogP) is 2.70. The molecular formula is C15H20N4O. The molecule has 5 heteroatoms. The van der Waals surface area contributed by atoms with E-state index in [0.29, 0.717) is 12.5 Å². The summed E-state index contributed by atoms with van der Waals surface area (Å²) in [6.45, 7) is 4.64. The third kappa shape index (κ3) is 3.66. The van der Waals surface area contributed by atoms with Crippen LogP contribution in [-0.2, 0) is 11.3 Å². The lowest BCUT2D eigenvalue weighted by atomic mass is 10.1. The van der Waals surface area contributed by atoms with Crippen molar-refractivity contribution in [1.29, 1.82) is 0 Å². The second kappa shape index (κ2) is 6.84. The maximum absolute atomic E-state index is 12.0. The number of nitrogens with one attached hydrogen (secondary N) is 1. The lowest BCUT2D eigenvalue weighted by molar-refractivity contribution is -0.119. The molecule has 0 spiro atoms. The lowest BCUT2D eigenvalue weighted by Crippen LogP contribution is -2.22. The number of nitrogens with zero attached hydrogens (tertiary/aromatic N) is 3. The zero-order valence-electron chi connectivity index (χ0n) is 11.9. The Kier molecular flexibility index (Phi) is 4.87. The van der Waals surface area contributed by atoms with Crippen LogP contribution in [0.3, 0.4) is 0 Å². The van der Waals surface area contributed by atoms with E-state index in [0.717, 1.165) is 18.4 Å². The third-order valence-electron chi connectivity index (χ3n) is 3.22. The molecule has 0 saturated carbocycles. The number of benzene rings is 1. The minimum absolute atomic E-state index is 0.00541. The van der Waals surface area contributed by atoms with Crippen molar-refractivity contribution in [3.05, 3.63) is 42.2 Å². The first-order valence-electron chi connectivity index (χ1n) is 6.93. The molecule has 1 unspecified atom stereocenters. The summed E-state index contributed by atoms with van der Waals surface area (Å²) in [5.41, 5.74) is 1.14. The molecule has 1 amide bonds. The van der Waals surface area contributed by atoms with Gasteiger partial charge in [-0.2, -0.15) is 0 Å². The number of hydrogen-bond donors (Lipinski definition) is 1. The Morgan fingerprint density at radius 2 is 2.10 bits per heavy atom. The van der Waals surface area contributed by atoms with Crippen LogP contribution in [0.15, 0.2) is 36.7 Å². The van der Waals surface area contributed by atoms with Crippen molar-refractivity contribution in [3.8, 4) is 0 Å². The summed E-state index contributed by atoms with van der Waals surface area (Å²) < 4.78 is 1.84. The number of carbonyl (C=O) groups excluding carboxylic acids is 1. The molecule has 0 fully saturated rings. The number of rotatable bonds is 6. The fourth-order valence-electron chi connectivity index (χ4n) is 2.05. The fourth-order valence-corrected chi connectivity index (χ4v) is 2.05. The SMILES string of the molecule is CCCC(C)C(=O)Nc1nncn1Cc1ccccc1. The quantitative estimate of drug-likeness (QED) is 0.879. The summed E-state index contributed by atoms with van der Waals surface area (Å²) in [6.07, 6.45) is 3.50. The average Bonchev–Trinajstić information content (AvgIpc) is 2.87. The van der Waals surface area contributed by atoms with E-state index >= 15 is 0 Å². The Morgan fingerprint density at radius 1 is 1.35 bits per heavy atom. The van der Waals surface area contributed by atoms with Crippen molar-refractivity contribution in [3.63, 3.8) is 0 Å². The second-order valence-electron chi connectivity index (χ2n) is 4.95. The highest BCUT2D eigenvalue weighted by Gasteiger charge is 2.15. The molecule has 0 aliphatic carbocycles. The van der Waals surface area contributed by atoms with Crippen molar-refractivity contribution >= 4 is 11.9 Å². The van der Waals surface area contributed by atoms with Crippen LogP contribution < -0.4 is 5.32 Å². The van der Waals surface area contributed by atoms with Gasteiger partial charge in [-0.15, -0.1) is 10.2 Å². The van der Waals surface area contributed by atoms with Crippen LogP contribution in [0.1, 0.15) is 32.3 Å². The molecular weight excluding hydrogens is 252 g/mol. The Bertz CT molecular complexity index is 550. The summed E-state index contributed by atoms with van der Waals surface area (Å²) in [7, 11) is 0. The van der Waals surface area contributed by atoms with E-state index in [4.69, 9.17) is 0 Å². The van der Waals surface area contributed by atoms with E-state index in [1.807, 2.05) is 41.8 Å². The molecule has 5 nitrogen and oxygen atoms in total. The Morgan fingerprint density at radius 3 is 2.80 bits per heavy atom. The lowest BCUT2D eigenvalue weighted by Gasteiger charge is -2.11. The van der Waals surface area contributed by atoms with Crippen LogP contribution in [0, 0.1) is 5.92 Å². The molecule has 1 aromatic heterocycles. The van der Waals surface area contributed by atoms with Crippen LogP contribution in [0.2, 0.25) is 0 Å². The van der Waals surface area contributed by atoms with Gasteiger partial charge in [0, 0.05) is 5.92 Å². The van der Waals surface area contributed by atoms with Gasteiger partial charge < -0.3 is 0 Å². The highest BCUT2D eigenvalue weighted by atomic mass is 16.2. The number of hydrogen-bond acceptors (Lipinski definition) is 3. The van der Waals surface area contributed by atoms with Crippen molar-refractivity contribution in [2.45, 2.75) is 33.2 Å². The molecule has 1 N–H and O–H groups in total. The Labute approximate surface area is 119 Å². The van der Waals surface area contributed by atoms with Crippen molar-refractivity contribution < 1.29 is 4.79 Å². The second-order valence-corrected chi connectivity index (χ2v) is 4.95. The molecule has 0 aliphatic rings. The number of carbonyl (C=O) groups is 1. The van der Waals surface area contributed by atoms with Crippen LogP contribution in [0.5, 0.6) is 0 Å². The van der Waals surface area contributed by atoms with Gasteiger partial charge in [-0.05, 0) is 12.0 Å². The molecule has 2 aromatic rings. The van der Waals surface area contributed by atoms with E-state index < -0.39 is 0 Å². The number of anilines is 1. The normalized spacial score (nSPS) is 12.1. The smallest absolute Gasteiger partial charge is 0.231 e. The first-order valence-corrected chi connectivity index (χ1v) is 6.93. The predicted molar refractivity (Wildman–Crippen MR) is 78.3 cm³/mol. The summed E-state index contributed by atoms with van der Waals surface area (Å²) >= 11 is 0. The van der Waals surface area contributed by atoms with Crippen LogP contribution in [0.4, 0.5) is 5.95 Å². The van der Waals surface area contributed by atoms with Crippen LogP contribution in [-0.4, -0.2) is 20.7 Å². The maximum Gasteiger partial charge on any atom is 0.231 e. The van der Waals surface area contributed by atoms with E-state index in [-0.39, 0.29) is 11.8 Å². The van der Waals surface area contributed by atoms with Gasteiger partial charge in [0.05, 0.1) is 6.54 Å². The zero-order chi connectivity index (χ0) is 14.4. The first kappa shape index (κ1) is 14.2. The summed E-state index contributed by atoms with van der Waals surface area (Å²) in [4.78, 5) is 12.0. The molecule has 0 radical (unpaired) electrons. The minimum atomic E-state index is -0.0122. The average molecular weight is 272 g/mol. The van der Waals surface area contributed by atoms with Crippen LogP contribution in [0.25, 0.3) is 0 Å². The monoisotopic (exact) mass is 272 g/mol. The van der Waals surface area contributed by atoms with Gasteiger partial charge in [-0.1, -0.05) is 50.6 Å². The highest BCUT2D eigenvalue weighted by Crippen LogP contribution is 2.11. The number of amides is 1. The largest absolute Gasteiger partial charge is 0.295 e. The van der Waals surface area contributed by atoms with E-state index in [1.54, 1.807) is 6.33 Å². The van der Waals surface area contributed by atoms with Gasteiger partial charge in [0.25, 0.3) is 0 Å². The van der Waals surface area contributed by atoms with Gasteiger partial charge in [0.15, 0.2) is 0 Å². The molecule has 1 atom stereocenters. The molecule has 106 valence electrons. The van der Waals surface area contributed by atoms with E-state index in [9.17, 15) is 4.79 Å². The highest BCUT2D eigenvalue weighted by molar-refractivity contribution is 5.90. The Hall–Kier alpha value is -2.17. The van der Waals surface area contributed by atoms with Gasteiger partial charge in [0.1, 0.15) is 6.33 Å². The number of aromatic nitrogens is 3. The first-order chi connectivity index (χ1) is 9.70. The minimum Gasteiger partial charge on any atom is -0.295 e. The topological polar surface area (TPSA) is 59.8 Å². The fraction of sp³-hybridized carbons (Fsp3) is 0.400. The molecule has 1 aromatic carbocycles. The van der Waals surface area contributed by atoms with Gasteiger partial charge in [-0.3, -0.25) is 14.7 Å². The third-order valence-corrected chi connectivity index (χ3v) is 3.22. The Balaban J connectivity index is 2.03. The maximum atomic E-state index is 12.0. The van der Waals surface area contributed by atoms with Crippen LogP contribution >= 0.6 is 0 Å². The molecule has 0 saturated heterocycles. The molecule has 0 bridgehead atoms. The van der Waals surface area contributed by atoms with Crippen molar-refractivity contribution in [2.24, 2.45) is 5.92 Å². The van der Waals surface area contributed by atoms with Crippen molar-refractivity contribution in [2.75, 3.05) is 5.32 Å². The van der Waals surface area contributed by atoms with Crippen molar-refractivity contribution in [1.82, 2.24) is 14.8 Å². The molecule has 20 heavy (non-hydrogen) atoms. The van der Waals surface area contributed by atoms with Gasteiger partial charge in [0.2, 0.25) is 11.9 Å². The molecule has 2 rings (SSSR count).